The Bertz CT molecular complexity index is 472. The van der Waals surface area contributed by atoms with Crippen molar-refractivity contribution >= 4 is 6.03 Å². The van der Waals surface area contributed by atoms with E-state index < -0.39 is 0 Å². The Hall–Kier alpha value is -1.52. The molecule has 1 saturated heterocycles. The van der Waals surface area contributed by atoms with Crippen molar-refractivity contribution in [2.24, 2.45) is 5.92 Å². The van der Waals surface area contributed by atoms with Crippen LogP contribution in [-0.4, -0.2) is 40.1 Å². The van der Waals surface area contributed by atoms with Crippen molar-refractivity contribution in [2.45, 2.75) is 39.2 Å². The molecule has 5 nitrogen and oxygen atoms in total. The maximum absolute atomic E-state index is 11.7. The summed E-state index contributed by atoms with van der Waals surface area (Å²) in [6, 6.07) is 0.0516. The van der Waals surface area contributed by atoms with E-state index >= 15 is 0 Å². The molecule has 0 bridgehead atoms. The molecule has 2 heterocycles. The van der Waals surface area contributed by atoms with Gasteiger partial charge in [-0.15, -0.1) is 0 Å². The Morgan fingerprint density at radius 3 is 2.84 bits per heavy atom. The lowest BCUT2D eigenvalue weighted by Gasteiger charge is -2.38. The highest BCUT2D eigenvalue weighted by atomic mass is 16.2. The van der Waals surface area contributed by atoms with Gasteiger partial charge in [0.1, 0.15) is 5.82 Å². The summed E-state index contributed by atoms with van der Waals surface area (Å²) in [5, 5.41) is 2.84. The van der Waals surface area contributed by atoms with Crippen molar-refractivity contribution in [2.75, 3.05) is 19.6 Å². The van der Waals surface area contributed by atoms with Gasteiger partial charge in [0.15, 0.2) is 0 Å². The summed E-state index contributed by atoms with van der Waals surface area (Å²) < 4.78 is 2.36. The number of aryl methyl sites for hydroxylation is 1. The van der Waals surface area contributed by atoms with Crippen LogP contribution < -0.4 is 5.32 Å². The molecule has 0 aromatic carbocycles. The van der Waals surface area contributed by atoms with E-state index in [1.54, 1.807) is 0 Å². The van der Waals surface area contributed by atoms with Gasteiger partial charge in [0.05, 0.1) is 5.92 Å². The number of hydrogen-bond acceptors (Lipinski definition) is 2. The average Bonchev–Trinajstić information content (AvgIpc) is 3.06. The van der Waals surface area contributed by atoms with Crippen LogP contribution in [0.4, 0.5) is 4.79 Å². The lowest BCUT2D eigenvalue weighted by atomic mass is 9.99. The second-order valence-electron chi connectivity index (χ2n) is 5.75. The number of hydrogen-bond donors (Lipinski definition) is 1. The van der Waals surface area contributed by atoms with E-state index in [1.807, 2.05) is 18.0 Å². The topological polar surface area (TPSA) is 50.2 Å². The van der Waals surface area contributed by atoms with Crippen LogP contribution in [0, 0.1) is 12.8 Å². The molecule has 1 aromatic rings. The van der Waals surface area contributed by atoms with Crippen molar-refractivity contribution in [1.82, 2.24) is 19.8 Å². The minimum atomic E-state index is 0.0516. The fourth-order valence-corrected chi connectivity index (χ4v) is 2.67. The Labute approximate surface area is 114 Å². The molecule has 1 saturated carbocycles. The number of carbonyl (C=O) groups excluding carboxylic acids is 1. The van der Waals surface area contributed by atoms with Crippen molar-refractivity contribution in [1.29, 1.82) is 0 Å². The fourth-order valence-electron chi connectivity index (χ4n) is 2.67. The molecule has 0 atom stereocenters. The number of nitrogens with zero attached hydrogens (tertiary/aromatic N) is 3. The molecule has 1 aliphatic carbocycles. The summed E-state index contributed by atoms with van der Waals surface area (Å²) in [4.78, 5) is 18.1. The molecule has 1 aliphatic heterocycles. The number of likely N-dealkylation sites (tertiary alicyclic amines) is 1. The molecule has 1 aromatic heterocycles. The number of amides is 2. The van der Waals surface area contributed by atoms with Crippen LogP contribution in [0.5, 0.6) is 0 Å². The third-order valence-electron chi connectivity index (χ3n) is 4.09. The van der Waals surface area contributed by atoms with Gasteiger partial charge in [-0.3, -0.25) is 0 Å². The van der Waals surface area contributed by atoms with Crippen LogP contribution in [0.25, 0.3) is 0 Å². The van der Waals surface area contributed by atoms with Crippen LogP contribution in [0.1, 0.15) is 37.2 Å². The van der Waals surface area contributed by atoms with Gasteiger partial charge in [-0.1, -0.05) is 0 Å². The number of nitrogens with one attached hydrogen (secondary N) is 1. The fraction of sp³-hybridized carbons (Fsp3) is 0.714. The predicted molar refractivity (Wildman–Crippen MR) is 73.1 cm³/mol. The molecule has 0 spiro atoms. The van der Waals surface area contributed by atoms with Gasteiger partial charge in [-0.05, 0) is 32.6 Å². The van der Waals surface area contributed by atoms with Gasteiger partial charge < -0.3 is 14.8 Å². The Morgan fingerprint density at radius 1 is 1.47 bits per heavy atom. The number of carbonyl (C=O) groups is 1. The average molecular weight is 262 g/mol. The zero-order valence-electron chi connectivity index (χ0n) is 11.7. The largest absolute Gasteiger partial charge is 0.338 e. The van der Waals surface area contributed by atoms with Crippen LogP contribution >= 0.6 is 0 Å². The summed E-state index contributed by atoms with van der Waals surface area (Å²) in [5.74, 6) is 2.44. The van der Waals surface area contributed by atoms with Crippen molar-refractivity contribution in [3.63, 3.8) is 0 Å². The van der Waals surface area contributed by atoms with Crippen LogP contribution in [0.3, 0.4) is 0 Å². The summed E-state index contributed by atoms with van der Waals surface area (Å²) in [6.45, 7) is 7.47. The van der Waals surface area contributed by atoms with Crippen LogP contribution in [0.2, 0.25) is 0 Å². The second kappa shape index (κ2) is 4.87. The van der Waals surface area contributed by atoms with E-state index in [1.165, 1.54) is 24.4 Å². The molecule has 2 fully saturated rings. The first kappa shape index (κ1) is 12.5. The highest BCUT2D eigenvalue weighted by molar-refractivity contribution is 5.75. The van der Waals surface area contributed by atoms with Crippen molar-refractivity contribution < 1.29 is 4.79 Å². The summed E-state index contributed by atoms with van der Waals surface area (Å²) in [5.41, 5.74) is 1.25. The molecule has 1 N–H and O–H groups in total. The summed E-state index contributed by atoms with van der Waals surface area (Å²) in [7, 11) is 0. The molecule has 2 aliphatic rings. The van der Waals surface area contributed by atoms with Gasteiger partial charge in [0, 0.05) is 38.1 Å². The SMILES string of the molecule is CCNC(=O)N1CC(c2ncc(C)n2CC2CC2)C1. The minimum absolute atomic E-state index is 0.0516. The minimum Gasteiger partial charge on any atom is -0.338 e. The first-order valence-electron chi connectivity index (χ1n) is 7.23. The van der Waals surface area contributed by atoms with Gasteiger partial charge in [0.2, 0.25) is 0 Å². The summed E-state index contributed by atoms with van der Waals surface area (Å²) >= 11 is 0. The van der Waals surface area contributed by atoms with E-state index in [-0.39, 0.29) is 6.03 Å². The maximum Gasteiger partial charge on any atom is 0.317 e. The molecule has 5 heteroatoms. The summed E-state index contributed by atoms with van der Waals surface area (Å²) in [6.07, 6.45) is 4.67. The Balaban J connectivity index is 1.63. The smallest absolute Gasteiger partial charge is 0.317 e. The predicted octanol–water partition coefficient (Wildman–Crippen LogP) is 1.73. The molecule has 0 radical (unpaired) electrons. The van der Waals surface area contributed by atoms with E-state index in [0.717, 1.165) is 25.6 Å². The van der Waals surface area contributed by atoms with E-state index in [4.69, 9.17) is 0 Å². The number of rotatable bonds is 4. The molecule has 3 rings (SSSR count). The molecule has 2 amide bonds. The van der Waals surface area contributed by atoms with E-state index in [9.17, 15) is 4.79 Å². The first-order chi connectivity index (χ1) is 9.19. The molecule has 104 valence electrons. The van der Waals surface area contributed by atoms with Crippen molar-refractivity contribution in [3.8, 4) is 0 Å². The molecule has 0 unspecified atom stereocenters. The normalized spacial score (nSPS) is 19.4. The Morgan fingerprint density at radius 2 is 2.21 bits per heavy atom. The quantitative estimate of drug-likeness (QED) is 0.898. The third kappa shape index (κ3) is 2.46. The maximum atomic E-state index is 11.7. The highest BCUT2D eigenvalue weighted by Crippen LogP contribution is 2.33. The monoisotopic (exact) mass is 262 g/mol. The lowest BCUT2D eigenvalue weighted by Crippen LogP contribution is -2.53. The lowest BCUT2D eigenvalue weighted by molar-refractivity contribution is 0.147. The molecule has 19 heavy (non-hydrogen) atoms. The van der Waals surface area contributed by atoms with Gasteiger partial charge >= 0.3 is 6.03 Å². The zero-order chi connectivity index (χ0) is 13.4. The third-order valence-corrected chi connectivity index (χ3v) is 4.09. The Kier molecular flexibility index (Phi) is 3.21. The van der Waals surface area contributed by atoms with Gasteiger partial charge in [-0.25, -0.2) is 9.78 Å². The van der Waals surface area contributed by atoms with E-state index in [2.05, 4.69) is 21.8 Å². The second-order valence-corrected chi connectivity index (χ2v) is 5.75. The number of urea groups is 1. The van der Waals surface area contributed by atoms with Gasteiger partial charge in [-0.2, -0.15) is 0 Å². The van der Waals surface area contributed by atoms with Crippen molar-refractivity contribution in [3.05, 3.63) is 17.7 Å². The first-order valence-corrected chi connectivity index (χ1v) is 7.23. The van der Waals surface area contributed by atoms with E-state index in [0.29, 0.717) is 12.5 Å². The van der Waals surface area contributed by atoms with Crippen LogP contribution in [0.15, 0.2) is 6.20 Å². The number of aromatic nitrogens is 2. The number of imidazole rings is 1. The molecular formula is C14H22N4O. The van der Waals surface area contributed by atoms with Gasteiger partial charge in [0.25, 0.3) is 0 Å². The standard InChI is InChI=1S/C14H22N4O/c1-3-15-14(19)17-8-12(9-17)13-16-6-10(2)18(13)7-11-4-5-11/h6,11-12H,3-5,7-9H2,1-2H3,(H,15,19). The highest BCUT2D eigenvalue weighted by Gasteiger charge is 2.35. The zero-order valence-corrected chi connectivity index (χ0v) is 11.7. The molecular weight excluding hydrogens is 240 g/mol. The van der Waals surface area contributed by atoms with Crippen LogP contribution in [-0.2, 0) is 6.54 Å².